The van der Waals surface area contributed by atoms with E-state index in [1.54, 1.807) is 24.3 Å². The molecule has 3 aromatic carbocycles. The van der Waals surface area contributed by atoms with E-state index in [1.807, 2.05) is 23.1 Å². The molecule has 0 atom stereocenters. The van der Waals surface area contributed by atoms with Gasteiger partial charge in [0.05, 0.1) is 16.5 Å². The topological polar surface area (TPSA) is 42.7 Å². The van der Waals surface area contributed by atoms with Crippen LogP contribution in [0, 0.1) is 0 Å². The van der Waals surface area contributed by atoms with Gasteiger partial charge in [0.1, 0.15) is 18.1 Å². The minimum Gasteiger partial charge on any atom is -0.478 e. The van der Waals surface area contributed by atoms with Gasteiger partial charge in [0, 0.05) is 22.6 Å². The maximum Gasteiger partial charge on any atom is 0.450 e. The number of nitrogens with zero attached hydrogens (tertiary/aromatic N) is 1. The molecule has 9 heteroatoms. The van der Waals surface area contributed by atoms with Crippen LogP contribution in [0.15, 0.2) is 74.3 Å². The number of rotatable bonds is 3. The molecule has 34 heavy (non-hydrogen) atoms. The van der Waals surface area contributed by atoms with E-state index in [-0.39, 0.29) is 29.8 Å². The van der Waals surface area contributed by atoms with E-state index in [2.05, 4.69) is 15.9 Å². The van der Waals surface area contributed by atoms with Gasteiger partial charge >= 0.3 is 6.18 Å². The average molecular weight is 551 g/mol. The number of fused-ring (bicyclic) bond motifs is 3. The minimum absolute atomic E-state index is 0.0628. The smallest absolute Gasteiger partial charge is 0.450 e. The Kier molecular flexibility index (Phi) is 5.91. The van der Waals surface area contributed by atoms with Crippen molar-refractivity contribution in [1.29, 1.82) is 0 Å². The molecule has 0 bridgehead atoms. The molecule has 5 rings (SSSR count). The van der Waals surface area contributed by atoms with Crippen LogP contribution in [0.25, 0.3) is 22.1 Å². The molecule has 4 aromatic rings. The number of hydrogen-bond acceptors (Lipinski definition) is 4. The minimum atomic E-state index is -4.87. The lowest BCUT2D eigenvalue weighted by Gasteiger charge is -2.29. The molecular formula is C25H16BrClF3NO3. The summed E-state index contributed by atoms with van der Waals surface area (Å²) >= 11 is 9.52. The van der Waals surface area contributed by atoms with Crippen molar-refractivity contribution in [1.82, 2.24) is 4.90 Å². The van der Waals surface area contributed by atoms with Gasteiger partial charge in [-0.15, -0.1) is 0 Å². The summed E-state index contributed by atoms with van der Waals surface area (Å²) in [6, 6.07) is 16.4. The molecule has 1 aliphatic rings. The van der Waals surface area contributed by atoms with Crippen molar-refractivity contribution in [2.75, 3.05) is 6.73 Å². The quantitative estimate of drug-likeness (QED) is 0.270. The van der Waals surface area contributed by atoms with Crippen LogP contribution in [0.1, 0.15) is 16.9 Å². The normalized spacial score (nSPS) is 14.1. The summed E-state index contributed by atoms with van der Waals surface area (Å²) in [6.45, 7) is 0.871. The van der Waals surface area contributed by atoms with Crippen molar-refractivity contribution in [3.8, 4) is 16.9 Å². The van der Waals surface area contributed by atoms with Crippen LogP contribution >= 0.6 is 27.5 Å². The van der Waals surface area contributed by atoms with Crippen LogP contribution < -0.4 is 10.2 Å². The maximum atomic E-state index is 14.1. The van der Waals surface area contributed by atoms with Crippen LogP contribution in [0.2, 0.25) is 5.02 Å². The second-order valence-corrected chi connectivity index (χ2v) is 9.23. The Hall–Kier alpha value is -2.81. The molecule has 0 aliphatic carbocycles. The molecule has 4 nitrogen and oxygen atoms in total. The Labute approximate surface area is 205 Å². The van der Waals surface area contributed by atoms with E-state index in [0.717, 1.165) is 5.56 Å². The lowest BCUT2D eigenvalue weighted by molar-refractivity contribution is -0.152. The summed E-state index contributed by atoms with van der Waals surface area (Å²) < 4.78 is 54.1. The van der Waals surface area contributed by atoms with E-state index in [0.29, 0.717) is 27.4 Å². The average Bonchev–Trinajstić information content (AvgIpc) is 2.80. The first-order valence-electron chi connectivity index (χ1n) is 10.3. The molecule has 1 aromatic heterocycles. The second kappa shape index (κ2) is 8.76. The summed E-state index contributed by atoms with van der Waals surface area (Å²) in [7, 11) is 0. The number of hydrogen-bond donors (Lipinski definition) is 0. The van der Waals surface area contributed by atoms with E-state index in [1.165, 1.54) is 18.2 Å². The van der Waals surface area contributed by atoms with Crippen molar-refractivity contribution in [3.05, 3.63) is 97.3 Å². The molecule has 0 saturated heterocycles. The maximum absolute atomic E-state index is 14.1. The molecule has 1 aliphatic heterocycles. The summed E-state index contributed by atoms with van der Waals surface area (Å²) in [5, 5.41) is 0.643. The largest absolute Gasteiger partial charge is 0.478 e. The van der Waals surface area contributed by atoms with Gasteiger partial charge in [-0.1, -0.05) is 57.9 Å². The molecule has 0 fully saturated rings. The van der Waals surface area contributed by atoms with Gasteiger partial charge in [-0.2, -0.15) is 13.2 Å². The fraction of sp³-hybridized carbons (Fsp3) is 0.160. The summed E-state index contributed by atoms with van der Waals surface area (Å²) in [5.74, 6) is -0.945. The van der Waals surface area contributed by atoms with Gasteiger partial charge in [-0.25, -0.2) is 0 Å². The van der Waals surface area contributed by atoms with Gasteiger partial charge < -0.3 is 9.15 Å². The SMILES string of the molecule is O=c1c(-c2ccc(Br)cc2)c(C(F)(F)F)oc2c3c(ccc12)OCN(Cc1ccccc1Cl)C3. The van der Waals surface area contributed by atoms with E-state index >= 15 is 0 Å². The predicted octanol–water partition coefficient (Wildman–Crippen LogP) is 7.25. The molecule has 174 valence electrons. The van der Waals surface area contributed by atoms with Crippen molar-refractivity contribution in [2.45, 2.75) is 19.3 Å². The van der Waals surface area contributed by atoms with Crippen molar-refractivity contribution >= 4 is 38.5 Å². The Morgan fingerprint density at radius 2 is 1.76 bits per heavy atom. The van der Waals surface area contributed by atoms with Gasteiger partial charge in [-0.3, -0.25) is 9.69 Å². The van der Waals surface area contributed by atoms with Gasteiger partial charge in [0.25, 0.3) is 0 Å². The zero-order valence-corrected chi connectivity index (χ0v) is 19.8. The number of ether oxygens (including phenoxy) is 1. The highest BCUT2D eigenvalue weighted by molar-refractivity contribution is 9.10. The molecular weight excluding hydrogens is 535 g/mol. The highest BCUT2D eigenvalue weighted by Crippen LogP contribution is 2.40. The van der Waals surface area contributed by atoms with Gasteiger partial charge in [0.15, 0.2) is 0 Å². The van der Waals surface area contributed by atoms with Crippen molar-refractivity contribution < 1.29 is 22.3 Å². The summed E-state index contributed by atoms with van der Waals surface area (Å²) in [5.41, 5.74) is -0.0220. The number of benzene rings is 3. The Morgan fingerprint density at radius 1 is 1.03 bits per heavy atom. The van der Waals surface area contributed by atoms with E-state index in [4.69, 9.17) is 20.8 Å². The fourth-order valence-corrected chi connectivity index (χ4v) is 4.52. The highest BCUT2D eigenvalue weighted by atomic mass is 79.9. The standard InChI is InChI=1S/C25H16BrClF3NO3/c26-16-7-5-14(6-8-16)21-22(32)17-9-10-20-18(23(17)34-24(21)25(28,29)30)12-31(13-33-20)11-15-3-1-2-4-19(15)27/h1-10H,11-13H2. The van der Waals surface area contributed by atoms with E-state index < -0.39 is 22.9 Å². The van der Waals surface area contributed by atoms with Crippen molar-refractivity contribution in [2.24, 2.45) is 0 Å². The first kappa shape index (κ1) is 23.0. The fourth-order valence-electron chi connectivity index (χ4n) is 4.06. The number of halogens is 5. The second-order valence-electron chi connectivity index (χ2n) is 7.91. The zero-order valence-electron chi connectivity index (χ0n) is 17.5. The molecule has 0 amide bonds. The summed E-state index contributed by atoms with van der Waals surface area (Å²) in [4.78, 5) is 15.2. The number of alkyl halides is 3. The Bertz CT molecular complexity index is 1450. The van der Waals surface area contributed by atoms with Gasteiger partial charge in [-0.05, 0) is 41.5 Å². The van der Waals surface area contributed by atoms with Gasteiger partial charge in [0.2, 0.25) is 11.2 Å². The molecule has 2 heterocycles. The van der Waals surface area contributed by atoms with Crippen molar-refractivity contribution in [3.63, 3.8) is 0 Å². The lowest BCUT2D eigenvalue weighted by Crippen LogP contribution is -2.32. The van der Waals surface area contributed by atoms with Crippen LogP contribution in [0.5, 0.6) is 5.75 Å². The Balaban J connectivity index is 1.65. The van der Waals surface area contributed by atoms with Crippen LogP contribution in [-0.4, -0.2) is 11.6 Å². The molecule has 0 unspecified atom stereocenters. The molecule has 0 N–H and O–H groups in total. The first-order valence-corrected chi connectivity index (χ1v) is 11.4. The van der Waals surface area contributed by atoms with Crippen LogP contribution in [0.4, 0.5) is 13.2 Å². The van der Waals surface area contributed by atoms with Crippen LogP contribution in [0.3, 0.4) is 0 Å². The predicted molar refractivity (Wildman–Crippen MR) is 127 cm³/mol. The monoisotopic (exact) mass is 549 g/mol. The zero-order chi connectivity index (χ0) is 24.0. The lowest BCUT2D eigenvalue weighted by atomic mass is 10.00. The third-order valence-corrected chi connectivity index (χ3v) is 6.54. The third-order valence-electron chi connectivity index (χ3n) is 5.65. The first-order chi connectivity index (χ1) is 16.2. The molecule has 0 spiro atoms. The van der Waals surface area contributed by atoms with Crippen LogP contribution in [-0.2, 0) is 19.3 Å². The third kappa shape index (κ3) is 4.21. The Morgan fingerprint density at radius 3 is 2.47 bits per heavy atom. The van der Waals surface area contributed by atoms with E-state index in [9.17, 15) is 18.0 Å². The highest BCUT2D eigenvalue weighted by Gasteiger charge is 2.40. The molecule has 0 radical (unpaired) electrons. The molecule has 0 saturated carbocycles. The summed E-state index contributed by atoms with van der Waals surface area (Å²) in [6.07, 6.45) is -4.87.